The molecule has 0 atom stereocenters. The highest BCUT2D eigenvalue weighted by Crippen LogP contribution is 2.38. The minimum absolute atomic E-state index is 0.690. The molecule has 1 aliphatic rings. The molecule has 1 aromatic carbocycles. The Hall–Kier alpha value is -3.53. The van der Waals surface area contributed by atoms with Crippen molar-refractivity contribution >= 4 is 22.1 Å². The molecule has 0 aliphatic heterocycles. The van der Waals surface area contributed by atoms with Gasteiger partial charge in [-0.05, 0) is 84.8 Å². The first-order valence-electron chi connectivity index (χ1n) is 11.9. The zero-order chi connectivity index (χ0) is 22.2. The normalized spacial score (nSPS) is 14.5. The third kappa shape index (κ3) is 3.91. The summed E-state index contributed by atoms with van der Waals surface area (Å²) in [6.07, 6.45) is 13.0. The summed E-state index contributed by atoms with van der Waals surface area (Å²) in [6, 6.07) is 17.1. The second kappa shape index (κ2) is 8.43. The summed E-state index contributed by atoms with van der Waals surface area (Å²) in [5.41, 5.74) is 8.35. The third-order valence-electron chi connectivity index (χ3n) is 6.95. The number of aromatic nitrogens is 3. The largest absolute Gasteiger partial charge is 0.437 e. The van der Waals surface area contributed by atoms with Crippen molar-refractivity contribution in [3.05, 3.63) is 89.5 Å². The lowest BCUT2D eigenvalue weighted by atomic mass is 9.95. The molecule has 4 heterocycles. The number of aryl methyl sites for hydroxylation is 1. The summed E-state index contributed by atoms with van der Waals surface area (Å²) < 4.78 is 6.41. The van der Waals surface area contributed by atoms with E-state index in [1.165, 1.54) is 42.4 Å². The van der Waals surface area contributed by atoms with Crippen LogP contribution in [0.2, 0.25) is 0 Å². The van der Waals surface area contributed by atoms with Crippen molar-refractivity contribution in [3.8, 4) is 11.3 Å². The van der Waals surface area contributed by atoms with Crippen molar-refractivity contribution in [2.24, 2.45) is 5.92 Å². The molecular formula is C29H27N3O. The van der Waals surface area contributed by atoms with Crippen molar-refractivity contribution in [2.45, 2.75) is 45.4 Å². The molecule has 0 unspecified atom stereocenters. The number of fused-ring (bicyclic) bond motifs is 3. The summed E-state index contributed by atoms with van der Waals surface area (Å²) in [5, 5.41) is 2.19. The number of hydrogen-bond donors (Lipinski definition) is 0. The molecule has 1 aliphatic carbocycles. The molecular weight excluding hydrogens is 406 g/mol. The summed E-state index contributed by atoms with van der Waals surface area (Å²) in [5.74, 6) is 0.807. The van der Waals surface area contributed by atoms with E-state index >= 15 is 0 Å². The highest BCUT2D eigenvalue weighted by Gasteiger charge is 2.19. The molecule has 5 aromatic rings. The first-order chi connectivity index (χ1) is 16.2. The van der Waals surface area contributed by atoms with Gasteiger partial charge in [0, 0.05) is 40.6 Å². The molecule has 0 bridgehead atoms. The van der Waals surface area contributed by atoms with E-state index in [-0.39, 0.29) is 0 Å². The van der Waals surface area contributed by atoms with E-state index in [4.69, 9.17) is 9.40 Å². The molecule has 4 heteroatoms. The zero-order valence-corrected chi connectivity index (χ0v) is 18.9. The summed E-state index contributed by atoms with van der Waals surface area (Å²) in [7, 11) is 0. The number of rotatable bonds is 5. The fourth-order valence-electron chi connectivity index (χ4n) is 5.29. The van der Waals surface area contributed by atoms with E-state index in [0.29, 0.717) is 5.71 Å². The molecule has 6 rings (SSSR count). The van der Waals surface area contributed by atoms with Crippen LogP contribution in [0.25, 0.3) is 33.3 Å². The van der Waals surface area contributed by atoms with Crippen LogP contribution < -0.4 is 0 Å². The number of pyridine rings is 3. The standard InChI is InChI=1S/C29H27N3O/c1-19-6-8-25-27-23(17-21-10-13-30-14-11-21)7-9-24(28(27)33-29(25)32-19)26-18-22(12-15-31-26)16-20-4-2-3-5-20/h6-15,18,20H,2-5,16-17H2,1H3. The van der Waals surface area contributed by atoms with Crippen LogP contribution in [-0.4, -0.2) is 15.0 Å². The Bertz CT molecular complexity index is 1430. The molecule has 33 heavy (non-hydrogen) atoms. The lowest BCUT2D eigenvalue weighted by Gasteiger charge is -2.11. The SMILES string of the molecule is Cc1ccc2c(n1)oc1c(-c3cc(CC4CCCC4)ccn3)ccc(Cc3ccncc3)c12. The Morgan fingerprint density at radius 3 is 2.58 bits per heavy atom. The second-order valence-electron chi connectivity index (χ2n) is 9.32. The molecule has 164 valence electrons. The van der Waals surface area contributed by atoms with E-state index in [2.05, 4.69) is 58.5 Å². The Balaban J connectivity index is 1.49. The smallest absolute Gasteiger partial charge is 0.227 e. The van der Waals surface area contributed by atoms with Crippen molar-refractivity contribution < 1.29 is 4.42 Å². The van der Waals surface area contributed by atoms with Gasteiger partial charge in [0.1, 0.15) is 5.58 Å². The molecule has 0 radical (unpaired) electrons. The number of nitrogens with zero attached hydrogens (tertiary/aromatic N) is 3. The molecule has 0 saturated heterocycles. The maximum atomic E-state index is 6.41. The Labute approximate surface area is 193 Å². The third-order valence-corrected chi connectivity index (χ3v) is 6.95. The topological polar surface area (TPSA) is 51.8 Å². The van der Waals surface area contributed by atoms with Crippen molar-refractivity contribution in [2.75, 3.05) is 0 Å². The molecule has 0 N–H and O–H groups in total. The minimum Gasteiger partial charge on any atom is -0.437 e. The van der Waals surface area contributed by atoms with Gasteiger partial charge in [0.2, 0.25) is 5.71 Å². The van der Waals surface area contributed by atoms with Gasteiger partial charge in [-0.2, -0.15) is 0 Å². The van der Waals surface area contributed by atoms with Gasteiger partial charge >= 0.3 is 0 Å². The lowest BCUT2D eigenvalue weighted by Crippen LogP contribution is -1.99. The zero-order valence-electron chi connectivity index (χ0n) is 18.9. The van der Waals surface area contributed by atoms with E-state index in [9.17, 15) is 0 Å². The van der Waals surface area contributed by atoms with E-state index in [1.54, 1.807) is 0 Å². The first kappa shape index (κ1) is 20.1. The fraction of sp³-hybridized carbons (Fsp3) is 0.276. The average Bonchev–Trinajstić information content (AvgIpc) is 3.47. The van der Waals surface area contributed by atoms with Gasteiger partial charge in [-0.25, -0.2) is 4.98 Å². The van der Waals surface area contributed by atoms with E-state index < -0.39 is 0 Å². The van der Waals surface area contributed by atoms with Gasteiger partial charge in [-0.15, -0.1) is 0 Å². The lowest BCUT2D eigenvalue weighted by molar-refractivity contribution is 0.546. The van der Waals surface area contributed by atoms with Gasteiger partial charge in [0.25, 0.3) is 0 Å². The van der Waals surface area contributed by atoms with Crippen LogP contribution in [0.1, 0.15) is 48.1 Å². The fourth-order valence-corrected chi connectivity index (χ4v) is 5.29. The quantitative estimate of drug-likeness (QED) is 0.297. The second-order valence-corrected chi connectivity index (χ2v) is 9.32. The van der Waals surface area contributed by atoms with Crippen molar-refractivity contribution in [3.63, 3.8) is 0 Å². The Kier molecular flexibility index (Phi) is 5.14. The van der Waals surface area contributed by atoms with E-state index in [0.717, 1.165) is 52.1 Å². The molecule has 0 amide bonds. The molecule has 0 spiro atoms. The maximum Gasteiger partial charge on any atom is 0.227 e. The van der Waals surface area contributed by atoms with E-state index in [1.807, 2.05) is 25.5 Å². The van der Waals surface area contributed by atoms with Crippen molar-refractivity contribution in [1.29, 1.82) is 0 Å². The van der Waals surface area contributed by atoms with Crippen LogP contribution in [0, 0.1) is 12.8 Å². The van der Waals surface area contributed by atoms with Crippen LogP contribution in [0.4, 0.5) is 0 Å². The van der Waals surface area contributed by atoms with Crippen LogP contribution in [0.3, 0.4) is 0 Å². The average molecular weight is 434 g/mol. The Morgan fingerprint density at radius 1 is 0.909 bits per heavy atom. The molecule has 1 saturated carbocycles. The summed E-state index contributed by atoms with van der Waals surface area (Å²) in [6.45, 7) is 2.00. The first-order valence-corrected chi connectivity index (χ1v) is 11.9. The molecule has 1 fully saturated rings. The van der Waals surface area contributed by atoms with Gasteiger partial charge in [-0.3, -0.25) is 9.97 Å². The maximum absolute atomic E-state index is 6.41. The van der Waals surface area contributed by atoms with Crippen LogP contribution in [0.5, 0.6) is 0 Å². The monoisotopic (exact) mass is 433 g/mol. The Morgan fingerprint density at radius 2 is 1.73 bits per heavy atom. The van der Waals surface area contributed by atoms with Crippen LogP contribution in [-0.2, 0) is 12.8 Å². The molecule has 4 nitrogen and oxygen atoms in total. The minimum atomic E-state index is 0.690. The van der Waals surface area contributed by atoms with Gasteiger partial charge in [0.05, 0.1) is 5.69 Å². The number of furan rings is 1. The van der Waals surface area contributed by atoms with Gasteiger partial charge < -0.3 is 4.42 Å². The highest BCUT2D eigenvalue weighted by molar-refractivity contribution is 6.10. The van der Waals surface area contributed by atoms with Crippen LogP contribution in [0.15, 0.2) is 71.5 Å². The summed E-state index contributed by atoms with van der Waals surface area (Å²) in [4.78, 5) is 13.6. The predicted octanol–water partition coefficient (Wildman–Crippen LogP) is 7.07. The van der Waals surface area contributed by atoms with Gasteiger partial charge in [0.15, 0.2) is 0 Å². The predicted molar refractivity (Wildman–Crippen MR) is 132 cm³/mol. The summed E-state index contributed by atoms with van der Waals surface area (Å²) >= 11 is 0. The van der Waals surface area contributed by atoms with Crippen LogP contribution >= 0.6 is 0 Å². The van der Waals surface area contributed by atoms with Crippen molar-refractivity contribution in [1.82, 2.24) is 15.0 Å². The molecule has 4 aromatic heterocycles. The highest BCUT2D eigenvalue weighted by atomic mass is 16.3. The number of benzene rings is 1. The number of hydrogen-bond acceptors (Lipinski definition) is 4. The van der Waals surface area contributed by atoms with Gasteiger partial charge in [-0.1, -0.05) is 31.7 Å².